The van der Waals surface area contributed by atoms with Crippen molar-refractivity contribution in [1.29, 1.82) is 0 Å². The monoisotopic (exact) mass is 181 g/mol. The van der Waals surface area contributed by atoms with Gasteiger partial charge in [-0.3, -0.25) is 4.99 Å². The van der Waals surface area contributed by atoms with Gasteiger partial charge >= 0.3 is 0 Å². The Bertz CT molecular complexity index is 192. The molecule has 0 fully saturated rings. The van der Waals surface area contributed by atoms with Gasteiger partial charge < -0.3 is 10.9 Å². The molecule has 0 atom stereocenters. The first kappa shape index (κ1) is 11.8. The highest BCUT2D eigenvalue weighted by atomic mass is 15.3. The first-order chi connectivity index (χ1) is 6.31. The number of hydrogen-bond donors (Lipinski definition) is 2. The number of nitrogens with one attached hydrogen (secondary N) is 2. The zero-order valence-corrected chi connectivity index (χ0v) is 8.67. The molecule has 0 aliphatic carbocycles. The molecule has 0 rings (SSSR count). The minimum absolute atomic E-state index is 0.992. The zero-order valence-electron chi connectivity index (χ0n) is 8.67. The number of allylic oxidation sites excluding steroid dienone is 2. The Balaban J connectivity index is 3.40. The lowest BCUT2D eigenvalue weighted by molar-refractivity contribution is 0.771. The summed E-state index contributed by atoms with van der Waals surface area (Å²) in [6.45, 7) is 4.10. The van der Waals surface area contributed by atoms with E-state index in [2.05, 4.69) is 28.8 Å². The van der Waals surface area contributed by atoms with Crippen molar-refractivity contribution in [2.45, 2.75) is 26.7 Å². The first-order valence-electron chi connectivity index (χ1n) is 4.57. The fraction of sp³-hybridized carbons (Fsp3) is 0.500. The van der Waals surface area contributed by atoms with Crippen LogP contribution < -0.4 is 10.9 Å². The van der Waals surface area contributed by atoms with Crippen LogP contribution in [0.2, 0.25) is 0 Å². The van der Waals surface area contributed by atoms with Crippen LogP contribution in [-0.2, 0) is 0 Å². The third-order valence-electron chi connectivity index (χ3n) is 1.50. The lowest BCUT2D eigenvalue weighted by Gasteiger charge is -1.97. The first-order valence-corrected chi connectivity index (χ1v) is 4.57. The van der Waals surface area contributed by atoms with Crippen LogP contribution in [0.4, 0.5) is 0 Å². The highest BCUT2D eigenvalue weighted by molar-refractivity contribution is 5.92. The summed E-state index contributed by atoms with van der Waals surface area (Å²) in [6.07, 6.45) is 9.98. The molecule has 0 aromatic heterocycles. The van der Waals surface area contributed by atoms with E-state index < -0.39 is 0 Å². The van der Waals surface area contributed by atoms with Crippen LogP contribution in [0.1, 0.15) is 26.7 Å². The Morgan fingerprint density at radius 1 is 1.31 bits per heavy atom. The van der Waals surface area contributed by atoms with Crippen molar-refractivity contribution in [2.24, 2.45) is 4.99 Å². The van der Waals surface area contributed by atoms with Crippen molar-refractivity contribution in [2.75, 3.05) is 7.05 Å². The Labute approximate surface area is 80.6 Å². The fourth-order valence-corrected chi connectivity index (χ4v) is 0.642. The number of hydrogen-bond acceptors (Lipinski definition) is 3. The van der Waals surface area contributed by atoms with Crippen molar-refractivity contribution < 1.29 is 0 Å². The van der Waals surface area contributed by atoms with Crippen molar-refractivity contribution in [3.8, 4) is 0 Å². The van der Waals surface area contributed by atoms with Crippen LogP contribution in [0.5, 0.6) is 0 Å². The van der Waals surface area contributed by atoms with E-state index >= 15 is 0 Å². The van der Waals surface area contributed by atoms with Gasteiger partial charge in [0.05, 0.1) is 0 Å². The molecule has 3 nitrogen and oxygen atoms in total. The molecule has 0 aromatic rings. The molecule has 74 valence electrons. The molecular weight excluding hydrogens is 162 g/mol. The van der Waals surface area contributed by atoms with Crippen LogP contribution in [-0.4, -0.2) is 12.8 Å². The van der Waals surface area contributed by atoms with E-state index in [-0.39, 0.29) is 0 Å². The molecule has 0 aromatic carbocycles. The predicted molar refractivity (Wildman–Crippen MR) is 58.5 cm³/mol. The standard InChI is InChI=1S/C10H19N3/c1-4-5-6-8-12-13-9-7-10(2)11-3/h6-9,12-13H,4-5H2,1-3H3/b8-6-,9-7?,11-10?. The van der Waals surface area contributed by atoms with Crippen LogP contribution >= 0.6 is 0 Å². The molecule has 0 aliphatic heterocycles. The molecule has 0 saturated heterocycles. The van der Waals surface area contributed by atoms with Crippen LogP contribution in [0.3, 0.4) is 0 Å². The Morgan fingerprint density at radius 2 is 2.00 bits per heavy atom. The van der Waals surface area contributed by atoms with Gasteiger partial charge in [-0.2, -0.15) is 0 Å². The second-order valence-electron chi connectivity index (χ2n) is 2.68. The van der Waals surface area contributed by atoms with E-state index in [0.717, 1.165) is 12.1 Å². The van der Waals surface area contributed by atoms with Crippen LogP contribution in [0, 0.1) is 0 Å². The van der Waals surface area contributed by atoms with E-state index in [1.54, 1.807) is 7.05 Å². The normalized spacial score (nSPS) is 12.7. The minimum Gasteiger partial charge on any atom is -0.309 e. The zero-order chi connectivity index (χ0) is 9.94. The molecule has 0 heterocycles. The average Bonchev–Trinajstić information content (AvgIpc) is 2.16. The quantitative estimate of drug-likeness (QED) is 0.373. The van der Waals surface area contributed by atoms with Gasteiger partial charge in [0.15, 0.2) is 0 Å². The van der Waals surface area contributed by atoms with Gasteiger partial charge in [0.1, 0.15) is 0 Å². The summed E-state index contributed by atoms with van der Waals surface area (Å²) in [4.78, 5) is 3.98. The topological polar surface area (TPSA) is 36.4 Å². The third kappa shape index (κ3) is 8.66. The van der Waals surface area contributed by atoms with Gasteiger partial charge in [0.2, 0.25) is 0 Å². The van der Waals surface area contributed by atoms with Crippen molar-refractivity contribution in [3.05, 3.63) is 24.6 Å². The molecule has 0 radical (unpaired) electrons. The highest BCUT2D eigenvalue weighted by Gasteiger charge is 1.76. The number of unbranched alkanes of at least 4 members (excludes halogenated alkanes) is 1. The maximum atomic E-state index is 3.98. The summed E-state index contributed by atoms with van der Waals surface area (Å²) in [5.74, 6) is 0. The Kier molecular flexibility index (Phi) is 7.99. The Morgan fingerprint density at radius 3 is 2.62 bits per heavy atom. The van der Waals surface area contributed by atoms with Gasteiger partial charge in [-0.1, -0.05) is 19.4 Å². The lowest BCUT2D eigenvalue weighted by atomic mass is 10.3. The second kappa shape index (κ2) is 8.84. The van der Waals surface area contributed by atoms with Gasteiger partial charge in [-0.25, -0.2) is 0 Å². The molecule has 2 N–H and O–H groups in total. The summed E-state index contributed by atoms with van der Waals surface area (Å²) in [5, 5.41) is 0. The average molecular weight is 181 g/mol. The molecule has 0 aliphatic rings. The number of rotatable bonds is 6. The molecule has 0 amide bonds. The molecular formula is C10H19N3. The van der Waals surface area contributed by atoms with E-state index in [0.29, 0.717) is 0 Å². The number of nitrogens with zero attached hydrogens (tertiary/aromatic N) is 1. The SMILES string of the molecule is CCC/C=C\NNC=CC(C)=NC. The largest absolute Gasteiger partial charge is 0.309 e. The van der Waals surface area contributed by atoms with Gasteiger partial charge in [0, 0.05) is 25.2 Å². The number of aliphatic imine (C=N–C) groups is 1. The summed E-state index contributed by atoms with van der Waals surface area (Å²) >= 11 is 0. The van der Waals surface area contributed by atoms with Gasteiger partial charge in [0.25, 0.3) is 0 Å². The van der Waals surface area contributed by atoms with Crippen molar-refractivity contribution in [3.63, 3.8) is 0 Å². The number of hydrazine groups is 1. The molecule has 0 saturated carbocycles. The maximum absolute atomic E-state index is 3.98. The Hall–Kier alpha value is -1.25. The van der Waals surface area contributed by atoms with E-state index in [9.17, 15) is 0 Å². The van der Waals surface area contributed by atoms with Crippen molar-refractivity contribution in [1.82, 2.24) is 10.9 Å². The summed E-state index contributed by atoms with van der Waals surface area (Å²) in [5.41, 5.74) is 6.83. The summed E-state index contributed by atoms with van der Waals surface area (Å²) in [7, 11) is 1.77. The molecule has 0 bridgehead atoms. The lowest BCUT2D eigenvalue weighted by Crippen LogP contribution is -2.20. The molecule has 3 heteroatoms. The highest BCUT2D eigenvalue weighted by Crippen LogP contribution is 1.85. The van der Waals surface area contributed by atoms with E-state index in [1.165, 1.54) is 6.42 Å². The van der Waals surface area contributed by atoms with Gasteiger partial charge in [-0.05, 0) is 19.4 Å². The van der Waals surface area contributed by atoms with Crippen LogP contribution in [0.15, 0.2) is 29.5 Å². The predicted octanol–water partition coefficient (Wildman–Crippen LogP) is 2.00. The molecule has 13 heavy (non-hydrogen) atoms. The van der Waals surface area contributed by atoms with E-state index in [4.69, 9.17) is 0 Å². The second-order valence-corrected chi connectivity index (χ2v) is 2.68. The van der Waals surface area contributed by atoms with Gasteiger partial charge in [-0.15, -0.1) is 0 Å². The fourth-order valence-electron chi connectivity index (χ4n) is 0.642. The van der Waals surface area contributed by atoms with Crippen molar-refractivity contribution >= 4 is 5.71 Å². The maximum Gasteiger partial charge on any atom is 0.0328 e. The van der Waals surface area contributed by atoms with Crippen LogP contribution in [0.25, 0.3) is 0 Å². The minimum atomic E-state index is 0.992. The molecule has 0 unspecified atom stereocenters. The summed E-state index contributed by atoms with van der Waals surface area (Å²) < 4.78 is 0. The summed E-state index contributed by atoms with van der Waals surface area (Å²) in [6, 6.07) is 0. The smallest absolute Gasteiger partial charge is 0.0328 e. The van der Waals surface area contributed by atoms with E-state index in [1.807, 2.05) is 25.4 Å². The third-order valence-corrected chi connectivity index (χ3v) is 1.50. The molecule has 0 spiro atoms.